The number of fused-ring (bicyclic) bond motifs is 2. The van der Waals surface area contributed by atoms with E-state index in [1.807, 2.05) is 12.1 Å². The Morgan fingerprint density at radius 2 is 1.70 bits per heavy atom. The SMILES string of the molecule is CCc1ccc(S(=O)(=O)NC2CC3CCC(C2)N3)cc1CC.Cl. The molecule has 2 aliphatic rings. The lowest BCUT2D eigenvalue weighted by atomic mass is 10.0. The molecule has 23 heavy (non-hydrogen) atoms. The molecule has 2 aliphatic heterocycles. The van der Waals surface area contributed by atoms with E-state index in [-0.39, 0.29) is 18.4 Å². The molecule has 2 atom stereocenters. The third kappa shape index (κ3) is 4.08. The van der Waals surface area contributed by atoms with Crippen LogP contribution >= 0.6 is 12.4 Å². The first-order valence-corrected chi connectivity index (χ1v) is 9.90. The van der Waals surface area contributed by atoms with E-state index >= 15 is 0 Å². The Morgan fingerprint density at radius 1 is 1.09 bits per heavy atom. The van der Waals surface area contributed by atoms with Gasteiger partial charge in [0.2, 0.25) is 10.0 Å². The Morgan fingerprint density at radius 3 is 2.26 bits per heavy atom. The molecular formula is C17H27ClN2O2S. The van der Waals surface area contributed by atoms with Crippen LogP contribution in [-0.4, -0.2) is 26.5 Å². The molecule has 130 valence electrons. The summed E-state index contributed by atoms with van der Waals surface area (Å²) >= 11 is 0. The Balaban J connectivity index is 0.00000192. The molecule has 0 amide bonds. The number of hydrogen-bond donors (Lipinski definition) is 2. The summed E-state index contributed by atoms with van der Waals surface area (Å²) in [5.74, 6) is 0. The number of halogens is 1. The second kappa shape index (κ2) is 7.51. The maximum Gasteiger partial charge on any atom is 0.240 e. The first kappa shape index (κ1) is 18.7. The molecule has 2 N–H and O–H groups in total. The summed E-state index contributed by atoms with van der Waals surface area (Å²) in [6.45, 7) is 4.18. The molecule has 4 nitrogen and oxygen atoms in total. The Labute approximate surface area is 145 Å². The topological polar surface area (TPSA) is 58.2 Å². The highest BCUT2D eigenvalue weighted by molar-refractivity contribution is 7.89. The minimum atomic E-state index is -3.41. The van der Waals surface area contributed by atoms with Gasteiger partial charge in [0.25, 0.3) is 0 Å². The van der Waals surface area contributed by atoms with Gasteiger partial charge in [-0.3, -0.25) is 0 Å². The van der Waals surface area contributed by atoms with Gasteiger partial charge in [-0.1, -0.05) is 19.9 Å². The Kier molecular flexibility index (Phi) is 6.11. The maximum absolute atomic E-state index is 12.7. The zero-order valence-electron chi connectivity index (χ0n) is 13.8. The van der Waals surface area contributed by atoms with Crippen molar-refractivity contribution in [3.63, 3.8) is 0 Å². The number of rotatable bonds is 5. The van der Waals surface area contributed by atoms with Crippen molar-refractivity contribution in [1.29, 1.82) is 0 Å². The molecule has 0 aromatic heterocycles. The number of piperidine rings is 1. The van der Waals surface area contributed by atoms with Crippen molar-refractivity contribution in [2.45, 2.75) is 75.4 Å². The van der Waals surface area contributed by atoms with Gasteiger partial charge < -0.3 is 5.32 Å². The van der Waals surface area contributed by atoms with Crippen molar-refractivity contribution >= 4 is 22.4 Å². The Bertz CT molecular complexity index is 636. The molecule has 3 rings (SSSR count). The first-order valence-electron chi connectivity index (χ1n) is 8.42. The smallest absolute Gasteiger partial charge is 0.240 e. The standard InChI is InChI=1S/C17H26N2O2S.ClH/c1-3-12-5-8-17(9-13(12)4-2)22(20,21)19-16-10-14-6-7-15(11-16)18-14;/h5,8-9,14-16,18-19H,3-4,6-7,10-11H2,1-2H3;1H. The predicted molar refractivity (Wildman–Crippen MR) is 95.7 cm³/mol. The van der Waals surface area contributed by atoms with Crippen LogP contribution in [0.15, 0.2) is 23.1 Å². The highest BCUT2D eigenvalue weighted by atomic mass is 35.5. The summed E-state index contributed by atoms with van der Waals surface area (Å²) in [7, 11) is -3.41. The third-order valence-electron chi connectivity index (χ3n) is 5.04. The van der Waals surface area contributed by atoms with E-state index < -0.39 is 10.0 Å². The predicted octanol–water partition coefficient (Wildman–Crippen LogP) is 2.79. The van der Waals surface area contributed by atoms with Gasteiger partial charge in [0, 0.05) is 18.1 Å². The van der Waals surface area contributed by atoms with Crippen LogP contribution in [0.1, 0.15) is 50.7 Å². The van der Waals surface area contributed by atoms with E-state index in [2.05, 4.69) is 23.9 Å². The van der Waals surface area contributed by atoms with E-state index in [9.17, 15) is 8.42 Å². The normalized spacial score (nSPS) is 26.8. The zero-order chi connectivity index (χ0) is 15.7. The van der Waals surface area contributed by atoms with Gasteiger partial charge in [0.1, 0.15) is 0 Å². The van der Waals surface area contributed by atoms with Gasteiger partial charge in [-0.05, 0) is 61.8 Å². The fourth-order valence-corrected chi connectivity index (χ4v) is 5.20. The number of sulfonamides is 1. The second-order valence-corrected chi connectivity index (χ2v) is 8.28. The molecule has 2 bridgehead atoms. The van der Waals surface area contributed by atoms with Crippen molar-refractivity contribution in [2.24, 2.45) is 0 Å². The van der Waals surface area contributed by atoms with Gasteiger partial charge in [-0.25, -0.2) is 13.1 Å². The quantitative estimate of drug-likeness (QED) is 0.850. The van der Waals surface area contributed by atoms with Crippen molar-refractivity contribution in [3.8, 4) is 0 Å². The summed E-state index contributed by atoms with van der Waals surface area (Å²) in [4.78, 5) is 0.410. The lowest BCUT2D eigenvalue weighted by Crippen LogP contribution is -2.47. The minimum absolute atomic E-state index is 0. The van der Waals surface area contributed by atoms with Crippen LogP contribution in [0.25, 0.3) is 0 Å². The van der Waals surface area contributed by atoms with E-state index in [0.29, 0.717) is 17.0 Å². The Hall–Kier alpha value is -0.620. The van der Waals surface area contributed by atoms with Gasteiger partial charge >= 0.3 is 0 Å². The molecule has 2 unspecified atom stereocenters. The molecule has 0 aliphatic carbocycles. The zero-order valence-corrected chi connectivity index (χ0v) is 15.5. The third-order valence-corrected chi connectivity index (χ3v) is 6.56. The molecule has 2 heterocycles. The molecule has 2 fully saturated rings. The molecule has 6 heteroatoms. The number of nitrogens with one attached hydrogen (secondary N) is 2. The van der Waals surface area contributed by atoms with Gasteiger partial charge in [0.15, 0.2) is 0 Å². The summed E-state index contributed by atoms with van der Waals surface area (Å²) in [6, 6.07) is 6.59. The largest absolute Gasteiger partial charge is 0.311 e. The van der Waals surface area contributed by atoms with Crippen LogP contribution in [0.2, 0.25) is 0 Å². The van der Waals surface area contributed by atoms with Crippen LogP contribution in [0.5, 0.6) is 0 Å². The van der Waals surface area contributed by atoms with Crippen LogP contribution < -0.4 is 10.0 Å². The van der Waals surface area contributed by atoms with Crippen LogP contribution in [0.3, 0.4) is 0 Å². The van der Waals surface area contributed by atoms with Crippen molar-refractivity contribution in [3.05, 3.63) is 29.3 Å². The molecule has 0 spiro atoms. The maximum atomic E-state index is 12.7. The number of hydrogen-bond acceptors (Lipinski definition) is 3. The average Bonchev–Trinajstić information content (AvgIpc) is 2.85. The van der Waals surface area contributed by atoms with Gasteiger partial charge in [0.05, 0.1) is 4.90 Å². The molecule has 0 radical (unpaired) electrons. The van der Waals surface area contributed by atoms with Crippen molar-refractivity contribution in [2.75, 3.05) is 0 Å². The van der Waals surface area contributed by atoms with Gasteiger partial charge in [-0.15, -0.1) is 12.4 Å². The minimum Gasteiger partial charge on any atom is -0.311 e. The van der Waals surface area contributed by atoms with Gasteiger partial charge in [-0.2, -0.15) is 0 Å². The molecule has 1 aromatic carbocycles. The van der Waals surface area contributed by atoms with E-state index in [0.717, 1.165) is 31.2 Å². The van der Waals surface area contributed by atoms with Crippen molar-refractivity contribution in [1.82, 2.24) is 10.0 Å². The molecule has 2 saturated heterocycles. The summed E-state index contributed by atoms with van der Waals surface area (Å²) < 4.78 is 28.3. The molecule has 1 aromatic rings. The van der Waals surface area contributed by atoms with Crippen molar-refractivity contribution < 1.29 is 8.42 Å². The highest BCUT2D eigenvalue weighted by Crippen LogP contribution is 2.28. The lowest BCUT2D eigenvalue weighted by Gasteiger charge is -2.29. The van der Waals surface area contributed by atoms with Crippen LogP contribution in [0, 0.1) is 0 Å². The summed E-state index contributed by atoms with van der Waals surface area (Å²) in [6.07, 6.45) is 5.97. The summed E-state index contributed by atoms with van der Waals surface area (Å²) in [5.41, 5.74) is 2.37. The average molecular weight is 359 g/mol. The second-order valence-electron chi connectivity index (χ2n) is 6.57. The molecule has 0 saturated carbocycles. The van der Waals surface area contributed by atoms with E-state index in [1.54, 1.807) is 6.07 Å². The van der Waals surface area contributed by atoms with Crippen LogP contribution in [0.4, 0.5) is 0 Å². The van der Waals surface area contributed by atoms with E-state index in [1.165, 1.54) is 18.4 Å². The molecular weight excluding hydrogens is 332 g/mol. The summed E-state index contributed by atoms with van der Waals surface area (Å²) in [5, 5.41) is 3.54. The number of aryl methyl sites for hydroxylation is 2. The number of benzene rings is 1. The lowest BCUT2D eigenvalue weighted by molar-refractivity contribution is 0.345. The fraction of sp³-hybridized carbons (Fsp3) is 0.647. The highest BCUT2D eigenvalue weighted by Gasteiger charge is 2.35. The van der Waals surface area contributed by atoms with E-state index in [4.69, 9.17) is 0 Å². The van der Waals surface area contributed by atoms with Crippen LogP contribution in [-0.2, 0) is 22.9 Å². The fourth-order valence-electron chi connectivity index (χ4n) is 3.88. The monoisotopic (exact) mass is 358 g/mol. The first-order chi connectivity index (χ1) is 10.5.